The highest BCUT2D eigenvalue weighted by Crippen LogP contribution is 2.34. The predicted octanol–water partition coefficient (Wildman–Crippen LogP) is 2.79. The number of anilines is 3. The molecule has 3 aromatic rings. The molecule has 0 aliphatic heterocycles. The first kappa shape index (κ1) is 19.9. The van der Waals surface area contributed by atoms with Crippen molar-refractivity contribution in [3.8, 4) is 0 Å². The number of pyridine rings is 1. The Balaban J connectivity index is 1.62. The average Bonchev–Trinajstić information content (AvgIpc) is 2.71. The van der Waals surface area contributed by atoms with Crippen molar-refractivity contribution in [1.29, 1.82) is 0 Å². The minimum Gasteiger partial charge on any atom is -0.364 e. The summed E-state index contributed by atoms with van der Waals surface area (Å²) in [6, 6.07) is 7.21. The molecule has 8 nitrogen and oxygen atoms in total. The molecule has 1 amide bonds. The summed E-state index contributed by atoms with van der Waals surface area (Å²) in [5, 5.41) is 6.89. The van der Waals surface area contributed by atoms with Gasteiger partial charge in [-0.05, 0) is 31.0 Å². The SMILES string of the molecule is NC(=O)c1ncc(N[C@@H]2CCCC(F)(F)[C@@H]2N)nc1Nc1ccc2cccnc2c1. The lowest BCUT2D eigenvalue weighted by Gasteiger charge is -2.36. The molecule has 6 N–H and O–H groups in total. The zero-order chi connectivity index (χ0) is 21.3. The predicted molar refractivity (Wildman–Crippen MR) is 110 cm³/mol. The molecule has 2 aromatic heterocycles. The summed E-state index contributed by atoms with van der Waals surface area (Å²) >= 11 is 0. The second-order valence-corrected chi connectivity index (χ2v) is 7.28. The molecule has 30 heavy (non-hydrogen) atoms. The number of carbonyl (C=O) groups excluding carboxylic acids is 1. The van der Waals surface area contributed by atoms with Crippen LogP contribution >= 0.6 is 0 Å². The molecular weight excluding hydrogens is 392 g/mol. The van der Waals surface area contributed by atoms with Crippen LogP contribution in [0.3, 0.4) is 0 Å². The fourth-order valence-corrected chi connectivity index (χ4v) is 3.56. The number of hydrogen-bond acceptors (Lipinski definition) is 7. The van der Waals surface area contributed by atoms with E-state index >= 15 is 0 Å². The Morgan fingerprint density at radius 1 is 1.23 bits per heavy atom. The van der Waals surface area contributed by atoms with E-state index in [1.165, 1.54) is 6.20 Å². The van der Waals surface area contributed by atoms with E-state index in [9.17, 15) is 13.6 Å². The molecule has 1 aliphatic rings. The van der Waals surface area contributed by atoms with Crippen molar-refractivity contribution in [2.45, 2.75) is 37.3 Å². The van der Waals surface area contributed by atoms with Gasteiger partial charge in [0.2, 0.25) is 0 Å². The number of aromatic nitrogens is 3. The van der Waals surface area contributed by atoms with Gasteiger partial charge in [0, 0.05) is 29.7 Å². The van der Waals surface area contributed by atoms with Gasteiger partial charge in [-0.25, -0.2) is 18.7 Å². The van der Waals surface area contributed by atoms with Crippen LogP contribution in [0.2, 0.25) is 0 Å². The number of hydrogen-bond donors (Lipinski definition) is 4. The Morgan fingerprint density at radius 2 is 2.07 bits per heavy atom. The first-order chi connectivity index (χ1) is 14.3. The lowest BCUT2D eigenvalue weighted by atomic mass is 9.87. The molecule has 2 atom stereocenters. The number of nitrogens with zero attached hydrogens (tertiary/aromatic N) is 3. The smallest absolute Gasteiger partial charge is 0.271 e. The third kappa shape index (κ3) is 3.99. The first-order valence-electron chi connectivity index (χ1n) is 9.52. The normalized spacial score (nSPS) is 20.6. The van der Waals surface area contributed by atoms with Gasteiger partial charge >= 0.3 is 0 Å². The van der Waals surface area contributed by atoms with Crippen molar-refractivity contribution < 1.29 is 13.6 Å². The van der Waals surface area contributed by atoms with E-state index in [1.807, 2.05) is 18.2 Å². The molecule has 1 aliphatic carbocycles. The van der Waals surface area contributed by atoms with Crippen molar-refractivity contribution >= 4 is 34.1 Å². The lowest BCUT2D eigenvalue weighted by molar-refractivity contribution is -0.0554. The van der Waals surface area contributed by atoms with Gasteiger partial charge in [0.25, 0.3) is 11.8 Å². The third-order valence-corrected chi connectivity index (χ3v) is 5.15. The van der Waals surface area contributed by atoms with E-state index in [1.54, 1.807) is 18.3 Å². The zero-order valence-corrected chi connectivity index (χ0v) is 16.0. The van der Waals surface area contributed by atoms with Crippen LogP contribution in [0.1, 0.15) is 29.8 Å². The molecule has 1 fully saturated rings. The van der Waals surface area contributed by atoms with Crippen LogP contribution in [0, 0.1) is 0 Å². The number of benzene rings is 1. The van der Waals surface area contributed by atoms with Crippen LogP contribution in [-0.4, -0.2) is 38.9 Å². The highest BCUT2D eigenvalue weighted by atomic mass is 19.3. The molecule has 1 saturated carbocycles. The number of halogens is 2. The summed E-state index contributed by atoms with van der Waals surface area (Å²) in [5.41, 5.74) is 12.5. The molecule has 0 bridgehead atoms. The topological polar surface area (TPSA) is 132 Å². The number of primary amides is 1. The van der Waals surface area contributed by atoms with E-state index in [0.717, 1.165) is 10.9 Å². The van der Waals surface area contributed by atoms with Gasteiger partial charge in [-0.2, -0.15) is 0 Å². The largest absolute Gasteiger partial charge is 0.364 e. The number of nitrogens with two attached hydrogens (primary N) is 2. The second-order valence-electron chi connectivity index (χ2n) is 7.28. The van der Waals surface area contributed by atoms with Crippen molar-refractivity contribution in [1.82, 2.24) is 15.0 Å². The van der Waals surface area contributed by atoms with Gasteiger partial charge in [0.05, 0.1) is 17.8 Å². The molecular formula is C20H21F2N7O. The Labute approximate surface area is 171 Å². The fraction of sp³-hybridized carbons (Fsp3) is 0.300. The Bertz CT molecular complexity index is 1090. The molecule has 1 aromatic carbocycles. The van der Waals surface area contributed by atoms with E-state index in [-0.39, 0.29) is 23.8 Å². The lowest BCUT2D eigenvalue weighted by Crippen LogP contribution is -2.55. The summed E-state index contributed by atoms with van der Waals surface area (Å²) in [7, 11) is 0. The van der Waals surface area contributed by atoms with E-state index in [2.05, 4.69) is 25.6 Å². The van der Waals surface area contributed by atoms with Gasteiger partial charge < -0.3 is 22.1 Å². The summed E-state index contributed by atoms with van der Waals surface area (Å²) < 4.78 is 27.9. The molecule has 2 heterocycles. The Hall–Kier alpha value is -3.40. The number of amides is 1. The van der Waals surface area contributed by atoms with Crippen LogP contribution < -0.4 is 22.1 Å². The number of alkyl halides is 2. The minimum atomic E-state index is -2.95. The molecule has 156 valence electrons. The van der Waals surface area contributed by atoms with Gasteiger partial charge in [0.15, 0.2) is 11.5 Å². The van der Waals surface area contributed by atoms with E-state index < -0.39 is 23.9 Å². The van der Waals surface area contributed by atoms with Crippen molar-refractivity contribution in [3.05, 3.63) is 48.4 Å². The van der Waals surface area contributed by atoms with Crippen LogP contribution in [-0.2, 0) is 0 Å². The van der Waals surface area contributed by atoms with Gasteiger partial charge in [-0.3, -0.25) is 9.78 Å². The molecule has 0 unspecified atom stereocenters. The van der Waals surface area contributed by atoms with Crippen LogP contribution in [0.5, 0.6) is 0 Å². The highest BCUT2D eigenvalue weighted by molar-refractivity contribution is 5.96. The van der Waals surface area contributed by atoms with Gasteiger partial charge in [-0.1, -0.05) is 12.1 Å². The van der Waals surface area contributed by atoms with Crippen LogP contribution in [0.25, 0.3) is 10.9 Å². The van der Waals surface area contributed by atoms with E-state index in [4.69, 9.17) is 11.5 Å². The fourth-order valence-electron chi connectivity index (χ4n) is 3.56. The maximum absolute atomic E-state index is 13.9. The maximum atomic E-state index is 13.9. The number of carbonyl (C=O) groups is 1. The number of rotatable bonds is 5. The summed E-state index contributed by atoms with van der Waals surface area (Å²) in [6.07, 6.45) is 3.55. The summed E-state index contributed by atoms with van der Waals surface area (Å²) in [6.45, 7) is 0. The first-order valence-corrected chi connectivity index (χ1v) is 9.52. The number of fused-ring (bicyclic) bond motifs is 1. The van der Waals surface area contributed by atoms with Gasteiger partial charge in [0.1, 0.15) is 5.82 Å². The standard InChI is InChI=1S/C20H21F2N7O/c21-20(22)7-1-4-13(17(20)23)28-15-10-26-16(18(24)30)19(29-15)27-12-6-5-11-3-2-8-25-14(11)9-12/h2-3,5-6,8-10,13,17H,1,4,7,23H2,(H2,24,30)(H2,27,28,29)/t13-,17-/m1/s1. The summed E-state index contributed by atoms with van der Waals surface area (Å²) in [4.78, 5) is 24.5. The Kier molecular flexibility index (Phi) is 5.17. The third-order valence-electron chi connectivity index (χ3n) is 5.15. The maximum Gasteiger partial charge on any atom is 0.271 e. The van der Waals surface area contributed by atoms with Crippen molar-refractivity contribution in [2.24, 2.45) is 11.5 Å². The average molecular weight is 413 g/mol. The van der Waals surface area contributed by atoms with Gasteiger partial charge in [-0.15, -0.1) is 0 Å². The highest BCUT2D eigenvalue weighted by Gasteiger charge is 2.44. The molecule has 10 heteroatoms. The quantitative estimate of drug-likeness (QED) is 0.506. The molecule has 0 radical (unpaired) electrons. The molecule has 0 spiro atoms. The summed E-state index contributed by atoms with van der Waals surface area (Å²) in [5.74, 6) is -3.38. The van der Waals surface area contributed by atoms with E-state index in [0.29, 0.717) is 18.5 Å². The number of nitrogens with one attached hydrogen (secondary N) is 2. The second kappa shape index (κ2) is 7.79. The zero-order valence-electron chi connectivity index (χ0n) is 16.0. The van der Waals surface area contributed by atoms with Crippen LogP contribution in [0.15, 0.2) is 42.7 Å². The van der Waals surface area contributed by atoms with Crippen LogP contribution in [0.4, 0.5) is 26.1 Å². The van der Waals surface area contributed by atoms with Crippen molar-refractivity contribution in [3.63, 3.8) is 0 Å². The minimum absolute atomic E-state index is 0.0695. The van der Waals surface area contributed by atoms with Crippen molar-refractivity contribution in [2.75, 3.05) is 10.6 Å². The molecule has 4 rings (SSSR count). The Morgan fingerprint density at radius 3 is 2.87 bits per heavy atom. The monoisotopic (exact) mass is 413 g/mol. The molecule has 0 saturated heterocycles.